The molecule has 0 N–H and O–H groups in total. The Labute approximate surface area is 85.8 Å². The van der Waals surface area contributed by atoms with E-state index in [1.54, 1.807) is 0 Å². The van der Waals surface area contributed by atoms with E-state index < -0.39 is 24.6 Å². The fourth-order valence-electron chi connectivity index (χ4n) is 1.06. The summed E-state index contributed by atoms with van der Waals surface area (Å²) in [5, 5.41) is 0. The summed E-state index contributed by atoms with van der Waals surface area (Å²) in [7, 11) is 0. The lowest BCUT2D eigenvalue weighted by molar-refractivity contribution is -0.183. The van der Waals surface area contributed by atoms with Crippen molar-refractivity contribution in [1.29, 1.82) is 0 Å². The van der Waals surface area contributed by atoms with Crippen LogP contribution in [0, 0.1) is 0 Å². The highest BCUT2D eigenvalue weighted by Crippen LogP contribution is 2.25. The highest BCUT2D eigenvalue weighted by molar-refractivity contribution is 5.77. The second-order valence-corrected chi connectivity index (χ2v) is 2.97. The highest BCUT2D eigenvalue weighted by atomic mass is 19.3. The van der Waals surface area contributed by atoms with E-state index in [2.05, 4.69) is 11.3 Å². The molecule has 0 saturated carbocycles. The van der Waals surface area contributed by atoms with E-state index in [1.165, 1.54) is 6.08 Å². The molecular formula is C9H12F2O4. The highest BCUT2D eigenvalue weighted by Gasteiger charge is 2.44. The molecule has 0 aliphatic carbocycles. The molecule has 1 aliphatic heterocycles. The van der Waals surface area contributed by atoms with Crippen LogP contribution in [0.4, 0.5) is 8.78 Å². The lowest BCUT2D eigenvalue weighted by Gasteiger charge is -2.17. The minimum Gasteiger partial charge on any atom is -0.457 e. The summed E-state index contributed by atoms with van der Waals surface area (Å²) in [6, 6.07) is 0. The van der Waals surface area contributed by atoms with Gasteiger partial charge in [-0.25, -0.2) is 4.79 Å². The first-order valence-corrected chi connectivity index (χ1v) is 4.45. The largest absolute Gasteiger partial charge is 0.457 e. The van der Waals surface area contributed by atoms with E-state index in [0.29, 0.717) is 0 Å². The van der Waals surface area contributed by atoms with Crippen LogP contribution in [-0.4, -0.2) is 38.0 Å². The third kappa shape index (κ3) is 3.56. The molecule has 86 valence electrons. The Morgan fingerprint density at radius 1 is 1.53 bits per heavy atom. The first-order valence-electron chi connectivity index (χ1n) is 4.45. The van der Waals surface area contributed by atoms with Crippen molar-refractivity contribution >= 4 is 5.97 Å². The molecule has 4 nitrogen and oxygen atoms in total. The number of hydrogen-bond donors (Lipinski definition) is 0. The molecule has 0 bridgehead atoms. The van der Waals surface area contributed by atoms with Crippen molar-refractivity contribution in [2.75, 3.05) is 19.8 Å². The van der Waals surface area contributed by atoms with Crippen LogP contribution in [-0.2, 0) is 19.0 Å². The molecule has 0 radical (unpaired) electrons. The van der Waals surface area contributed by atoms with Gasteiger partial charge < -0.3 is 14.2 Å². The molecule has 1 fully saturated rings. The van der Waals surface area contributed by atoms with Crippen LogP contribution in [0.2, 0.25) is 0 Å². The molecule has 0 aromatic heterocycles. The fraction of sp³-hybridized carbons (Fsp3) is 0.667. The fourth-order valence-corrected chi connectivity index (χ4v) is 1.06. The van der Waals surface area contributed by atoms with Gasteiger partial charge in [0.2, 0.25) is 0 Å². The molecule has 15 heavy (non-hydrogen) atoms. The quantitative estimate of drug-likeness (QED) is 0.516. The van der Waals surface area contributed by atoms with Gasteiger partial charge in [-0.15, -0.1) is 0 Å². The van der Waals surface area contributed by atoms with E-state index in [1.807, 2.05) is 0 Å². The third-order valence-corrected chi connectivity index (χ3v) is 1.74. The minimum atomic E-state index is -3.59. The van der Waals surface area contributed by atoms with E-state index in [9.17, 15) is 13.6 Å². The van der Waals surface area contributed by atoms with Gasteiger partial charge in [0.25, 0.3) is 0 Å². The van der Waals surface area contributed by atoms with Crippen LogP contribution in [0.5, 0.6) is 0 Å². The topological polar surface area (TPSA) is 44.8 Å². The molecule has 1 aliphatic rings. The molecule has 1 rings (SSSR count). The number of carbonyl (C=O) groups is 1. The van der Waals surface area contributed by atoms with Gasteiger partial charge in [0.15, 0.2) is 6.29 Å². The predicted molar refractivity (Wildman–Crippen MR) is 46.4 cm³/mol. The zero-order valence-electron chi connectivity index (χ0n) is 8.08. The molecule has 0 unspecified atom stereocenters. The van der Waals surface area contributed by atoms with Crippen molar-refractivity contribution in [3.8, 4) is 0 Å². The molecule has 0 aromatic rings. The van der Waals surface area contributed by atoms with E-state index in [4.69, 9.17) is 9.47 Å². The Hall–Kier alpha value is -1.01. The number of alkyl halides is 2. The zero-order valence-corrected chi connectivity index (χ0v) is 8.08. The molecule has 6 heteroatoms. The summed E-state index contributed by atoms with van der Waals surface area (Å²) in [4.78, 5) is 10.9. The van der Waals surface area contributed by atoms with Crippen LogP contribution in [0.25, 0.3) is 0 Å². The maximum Gasteiger partial charge on any atom is 0.377 e. The number of hydrogen-bond acceptors (Lipinski definition) is 4. The van der Waals surface area contributed by atoms with Gasteiger partial charge in [0.05, 0.1) is 19.6 Å². The Balaban J connectivity index is 2.41. The molecular weight excluding hydrogens is 210 g/mol. The van der Waals surface area contributed by atoms with Gasteiger partial charge in [-0.2, -0.15) is 8.78 Å². The summed E-state index contributed by atoms with van der Waals surface area (Å²) < 4.78 is 40.1. The summed E-state index contributed by atoms with van der Waals surface area (Å²) in [5.74, 6) is -5.17. The summed E-state index contributed by atoms with van der Waals surface area (Å²) in [6.07, 6.45) is -0.629. The smallest absolute Gasteiger partial charge is 0.377 e. The van der Waals surface area contributed by atoms with Crippen molar-refractivity contribution in [1.82, 2.24) is 0 Å². The van der Waals surface area contributed by atoms with Gasteiger partial charge in [-0.1, -0.05) is 12.7 Å². The van der Waals surface area contributed by atoms with Gasteiger partial charge in [-0.3, -0.25) is 0 Å². The Morgan fingerprint density at radius 2 is 2.13 bits per heavy atom. The van der Waals surface area contributed by atoms with Crippen LogP contribution in [0.3, 0.4) is 0 Å². The first kappa shape index (κ1) is 12.1. The molecule has 1 heterocycles. The Morgan fingerprint density at radius 3 is 2.67 bits per heavy atom. The van der Waals surface area contributed by atoms with E-state index in [0.717, 1.165) is 0 Å². The lowest BCUT2D eigenvalue weighted by Crippen LogP contribution is -2.35. The second-order valence-electron chi connectivity index (χ2n) is 2.97. The monoisotopic (exact) mass is 222 g/mol. The van der Waals surface area contributed by atoms with Crippen molar-refractivity contribution in [2.45, 2.75) is 18.6 Å². The van der Waals surface area contributed by atoms with Crippen LogP contribution in [0.15, 0.2) is 12.7 Å². The Kier molecular flexibility index (Phi) is 4.16. The second kappa shape index (κ2) is 5.18. The summed E-state index contributed by atoms with van der Waals surface area (Å²) in [5.41, 5.74) is 0. The van der Waals surface area contributed by atoms with Crippen LogP contribution < -0.4 is 0 Å². The average molecular weight is 222 g/mol. The molecule has 1 saturated heterocycles. The van der Waals surface area contributed by atoms with Crippen molar-refractivity contribution in [3.05, 3.63) is 12.7 Å². The summed E-state index contributed by atoms with van der Waals surface area (Å²) >= 11 is 0. The minimum absolute atomic E-state index is 0.235. The first-order chi connectivity index (χ1) is 7.06. The number of ether oxygens (including phenoxy) is 3. The standard InChI is InChI=1S/C9H12F2O4/c1-2-3-15-8(12)9(10,11)6-7-13-4-5-14-7/h2,7H,1,3-6H2. The SMILES string of the molecule is C=CCOC(=O)C(F)(F)CC1OCCO1. The number of halogens is 2. The molecule has 0 amide bonds. The molecule has 0 atom stereocenters. The normalized spacial score (nSPS) is 17.7. The van der Waals surface area contributed by atoms with E-state index >= 15 is 0 Å². The van der Waals surface area contributed by atoms with Crippen LogP contribution in [0.1, 0.15) is 6.42 Å². The van der Waals surface area contributed by atoms with Crippen molar-refractivity contribution in [2.24, 2.45) is 0 Å². The maximum absolute atomic E-state index is 13.1. The molecule has 0 spiro atoms. The van der Waals surface area contributed by atoms with Gasteiger partial charge >= 0.3 is 11.9 Å². The Bertz CT molecular complexity index is 236. The summed E-state index contributed by atoms with van der Waals surface area (Å²) in [6.45, 7) is 3.54. The van der Waals surface area contributed by atoms with E-state index in [-0.39, 0.29) is 19.8 Å². The van der Waals surface area contributed by atoms with Gasteiger partial charge in [-0.05, 0) is 0 Å². The number of esters is 1. The lowest BCUT2D eigenvalue weighted by atomic mass is 10.2. The van der Waals surface area contributed by atoms with Crippen molar-refractivity contribution in [3.63, 3.8) is 0 Å². The van der Waals surface area contributed by atoms with Crippen molar-refractivity contribution < 1.29 is 27.8 Å². The van der Waals surface area contributed by atoms with Gasteiger partial charge in [0, 0.05) is 0 Å². The zero-order chi connectivity index (χ0) is 11.3. The predicted octanol–water partition coefficient (Wildman–Crippen LogP) is 1.11. The third-order valence-electron chi connectivity index (χ3n) is 1.74. The van der Waals surface area contributed by atoms with Gasteiger partial charge in [0.1, 0.15) is 6.61 Å². The molecule has 0 aromatic carbocycles. The number of carbonyl (C=O) groups excluding carboxylic acids is 1. The maximum atomic E-state index is 13.1. The van der Waals surface area contributed by atoms with Crippen LogP contribution >= 0.6 is 0 Å². The average Bonchev–Trinajstić information content (AvgIpc) is 2.65. The number of rotatable bonds is 5.